The maximum absolute atomic E-state index is 13.2. The number of fused-ring (bicyclic) bond motifs is 2. The minimum absolute atomic E-state index is 0.524. The number of benzene rings is 2. The zero-order chi connectivity index (χ0) is 26.6. The third kappa shape index (κ3) is 4.50. The highest BCUT2D eigenvalue weighted by atomic mass is 19.4. The number of hydrogen-bond acceptors (Lipinski definition) is 4. The molecule has 2 aliphatic rings. The number of alkyl halides is 3. The topological polar surface area (TPSA) is 42.7 Å². The SMILES string of the molecule is COc1ccc(-c2c(C)nn3c(N(Cc4ccc(C(F)(F)F)cc4)CC4CC4)c4c(nc23)CCC4)c(C)c1. The van der Waals surface area contributed by atoms with Crippen LogP contribution in [0.1, 0.15) is 52.9 Å². The molecular formula is C30H31F3N4O. The van der Waals surface area contributed by atoms with Gasteiger partial charge in [0, 0.05) is 29.9 Å². The summed E-state index contributed by atoms with van der Waals surface area (Å²) in [6.07, 6.45) is 0.894. The maximum Gasteiger partial charge on any atom is 0.416 e. The van der Waals surface area contributed by atoms with E-state index in [0.29, 0.717) is 12.5 Å². The second-order valence-electron chi connectivity index (χ2n) is 10.6. The fraction of sp³-hybridized carbons (Fsp3) is 0.400. The first-order chi connectivity index (χ1) is 18.2. The largest absolute Gasteiger partial charge is 0.497 e. The summed E-state index contributed by atoms with van der Waals surface area (Å²) in [4.78, 5) is 7.47. The van der Waals surface area contributed by atoms with Gasteiger partial charge < -0.3 is 9.64 Å². The van der Waals surface area contributed by atoms with Crippen molar-refractivity contribution >= 4 is 11.5 Å². The minimum atomic E-state index is -4.34. The van der Waals surface area contributed by atoms with Gasteiger partial charge in [-0.3, -0.25) is 0 Å². The van der Waals surface area contributed by atoms with E-state index < -0.39 is 11.7 Å². The lowest BCUT2D eigenvalue weighted by atomic mass is 10.0. The molecule has 0 saturated heterocycles. The van der Waals surface area contributed by atoms with Crippen molar-refractivity contribution in [1.29, 1.82) is 0 Å². The van der Waals surface area contributed by atoms with Gasteiger partial charge in [0.25, 0.3) is 0 Å². The van der Waals surface area contributed by atoms with Crippen LogP contribution in [0.2, 0.25) is 0 Å². The molecule has 0 aliphatic heterocycles. The van der Waals surface area contributed by atoms with Gasteiger partial charge >= 0.3 is 6.18 Å². The summed E-state index contributed by atoms with van der Waals surface area (Å²) in [6.45, 7) is 5.46. The van der Waals surface area contributed by atoms with Crippen molar-refractivity contribution in [3.05, 3.63) is 76.1 Å². The van der Waals surface area contributed by atoms with Crippen LogP contribution < -0.4 is 9.64 Å². The van der Waals surface area contributed by atoms with Crippen molar-refractivity contribution in [1.82, 2.24) is 14.6 Å². The smallest absolute Gasteiger partial charge is 0.416 e. The highest BCUT2D eigenvalue weighted by molar-refractivity contribution is 5.83. The molecular weight excluding hydrogens is 489 g/mol. The van der Waals surface area contributed by atoms with E-state index in [9.17, 15) is 13.2 Å². The van der Waals surface area contributed by atoms with Crippen molar-refractivity contribution in [3.8, 4) is 16.9 Å². The molecule has 2 aromatic heterocycles. The fourth-order valence-electron chi connectivity index (χ4n) is 5.66. The molecule has 0 amide bonds. The van der Waals surface area contributed by atoms with Gasteiger partial charge in [0.1, 0.15) is 11.6 Å². The molecule has 2 aromatic carbocycles. The van der Waals surface area contributed by atoms with Gasteiger partial charge in [0.15, 0.2) is 5.65 Å². The zero-order valence-electron chi connectivity index (χ0n) is 21.9. The van der Waals surface area contributed by atoms with E-state index in [1.54, 1.807) is 19.2 Å². The van der Waals surface area contributed by atoms with Gasteiger partial charge in [-0.2, -0.15) is 22.8 Å². The van der Waals surface area contributed by atoms with Crippen LogP contribution >= 0.6 is 0 Å². The number of methoxy groups -OCH3 is 1. The molecule has 2 aliphatic carbocycles. The summed E-state index contributed by atoms with van der Waals surface area (Å²) in [6, 6.07) is 11.6. The van der Waals surface area contributed by atoms with E-state index >= 15 is 0 Å². The first-order valence-corrected chi connectivity index (χ1v) is 13.2. The summed E-state index contributed by atoms with van der Waals surface area (Å²) >= 11 is 0. The summed E-state index contributed by atoms with van der Waals surface area (Å²) < 4.78 is 46.9. The van der Waals surface area contributed by atoms with E-state index in [2.05, 4.69) is 17.9 Å². The number of rotatable bonds is 7. The number of aryl methyl sites for hydroxylation is 3. The fourth-order valence-corrected chi connectivity index (χ4v) is 5.66. The van der Waals surface area contributed by atoms with Gasteiger partial charge in [0.05, 0.1) is 18.4 Å². The normalized spacial score (nSPS) is 15.2. The van der Waals surface area contributed by atoms with Crippen LogP contribution in [0.5, 0.6) is 5.75 Å². The summed E-state index contributed by atoms with van der Waals surface area (Å²) in [5.74, 6) is 2.43. The Kier molecular flexibility index (Phi) is 6.08. The number of hydrogen-bond donors (Lipinski definition) is 0. The van der Waals surface area contributed by atoms with E-state index in [0.717, 1.165) is 76.7 Å². The van der Waals surface area contributed by atoms with E-state index in [4.69, 9.17) is 14.8 Å². The van der Waals surface area contributed by atoms with Crippen molar-refractivity contribution in [2.45, 2.75) is 58.7 Å². The Bertz CT molecular complexity index is 1500. The van der Waals surface area contributed by atoms with Crippen LogP contribution in [-0.2, 0) is 25.6 Å². The molecule has 0 spiro atoms. The Labute approximate surface area is 220 Å². The Hall–Kier alpha value is -3.55. The van der Waals surface area contributed by atoms with E-state index in [1.165, 1.54) is 30.5 Å². The summed E-state index contributed by atoms with van der Waals surface area (Å²) in [5, 5.41) is 5.02. The van der Waals surface area contributed by atoms with Crippen LogP contribution in [0.4, 0.5) is 19.0 Å². The monoisotopic (exact) mass is 520 g/mol. The minimum Gasteiger partial charge on any atom is -0.497 e. The Morgan fingerprint density at radius 1 is 1.05 bits per heavy atom. The molecule has 0 N–H and O–H groups in total. The lowest BCUT2D eigenvalue weighted by Crippen LogP contribution is -2.29. The second-order valence-corrected chi connectivity index (χ2v) is 10.6. The van der Waals surface area contributed by atoms with Crippen LogP contribution in [-0.4, -0.2) is 28.3 Å². The Morgan fingerprint density at radius 2 is 1.82 bits per heavy atom. The van der Waals surface area contributed by atoms with Gasteiger partial charge in [-0.15, -0.1) is 0 Å². The molecule has 2 heterocycles. The van der Waals surface area contributed by atoms with E-state index in [-0.39, 0.29) is 0 Å². The molecule has 1 fully saturated rings. The van der Waals surface area contributed by atoms with Crippen LogP contribution in [0.15, 0.2) is 42.5 Å². The molecule has 0 bridgehead atoms. The molecule has 38 heavy (non-hydrogen) atoms. The highest BCUT2D eigenvalue weighted by Crippen LogP contribution is 2.40. The first-order valence-electron chi connectivity index (χ1n) is 13.2. The van der Waals surface area contributed by atoms with Crippen LogP contribution in [0.3, 0.4) is 0 Å². The van der Waals surface area contributed by atoms with Gasteiger partial charge in [-0.25, -0.2) is 4.98 Å². The average molecular weight is 521 g/mol. The van der Waals surface area contributed by atoms with Gasteiger partial charge in [-0.1, -0.05) is 18.2 Å². The Balaban J connectivity index is 1.48. The molecule has 5 nitrogen and oxygen atoms in total. The molecule has 6 rings (SSSR count). The molecule has 1 saturated carbocycles. The summed E-state index contributed by atoms with van der Waals surface area (Å²) in [5.41, 5.74) is 7.46. The predicted octanol–water partition coefficient (Wildman–Crippen LogP) is 6.95. The van der Waals surface area contributed by atoms with Gasteiger partial charge in [0.2, 0.25) is 0 Å². The molecule has 0 unspecified atom stereocenters. The maximum atomic E-state index is 13.2. The standard InChI is InChI=1S/C30H31F3N4O/c1-18-15-23(38-3)13-14-24(18)27-19(2)35-37-28(27)34-26-6-4-5-25(26)29(37)36(16-20-7-8-20)17-21-9-11-22(12-10-21)30(31,32)33/h9-15,20H,4-8,16-17H2,1-3H3. The molecule has 0 radical (unpaired) electrons. The number of halogens is 3. The van der Waals surface area contributed by atoms with E-state index in [1.807, 2.05) is 23.6 Å². The quantitative estimate of drug-likeness (QED) is 0.265. The predicted molar refractivity (Wildman–Crippen MR) is 142 cm³/mol. The number of ether oxygens (including phenoxy) is 1. The molecule has 198 valence electrons. The third-order valence-electron chi connectivity index (χ3n) is 7.77. The lowest BCUT2D eigenvalue weighted by molar-refractivity contribution is -0.137. The lowest BCUT2D eigenvalue weighted by Gasteiger charge is -2.28. The number of anilines is 1. The van der Waals surface area contributed by atoms with Crippen LogP contribution in [0, 0.1) is 19.8 Å². The molecule has 0 atom stereocenters. The molecule has 4 aromatic rings. The second kappa shape index (κ2) is 9.33. The molecule has 8 heteroatoms. The van der Waals surface area contributed by atoms with Crippen molar-refractivity contribution in [2.75, 3.05) is 18.6 Å². The van der Waals surface area contributed by atoms with Crippen molar-refractivity contribution < 1.29 is 17.9 Å². The average Bonchev–Trinajstić information content (AvgIpc) is 3.47. The highest BCUT2D eigenvalue weighted by Gasteiger charge is 2.32. The Morgan fingerprint density at radius 3 is 2.47 bits per heavy atom. The van der Waals surface area contributed by atoms with Gasteiger partial charge in [-0.05, 0) is 92.8 Å². The third-order valence-corrected chi connectivity index (χ3v) is 7.77. The summed E-state index contributed by atoms with van der Waals surface area (Å²) in [7, 11) is 1.66. The first kappa shape index (κ1) is 24.8. The zero-order valence-corrected chi connectivity index (χ0v) is 21.9. The van der Waals surface area contributed by atoms with Crippen molar-refractivity contribution in [3.63, 3.8) is 0 Å². The number of aromatic nitrogens is 3. The van der Waals surface area contributed by atoms with Crippen molar-refractivity contribution in [2.24, 2.45) is 5.92 Å². The number of nitrogens with zero attached hydrogens (tertiary/aromatic N) is 4. The van der Waals surface area contributed by atoms with Crippen LogP contribution in [0.25, 0.3) is 16.8 Å².